The van der Waals surface area contributed by atoms with E-state index >= 15 is 0 Å². The number of nitrogens with zero attached hydrogens (tertiary/aromatic N) is 5. The maximum atomic E-state index is 12.1. The van der Waals surface area contributed by atoms with Crippen molar-refractivity contribution in [3.8, 4) is 12.3 Å². The van der Waals surface area contributed by atoms with Gasteiger partial charge in [-0.05, 0) is 24.8 Å². The van der Waals surface area contributed by atoms with Gasteiger partial charge in [-0.15, -0.1) is 6.42 Å². The number of anilines is 1. The van der Waals surface area contributed by atoms with E-state index < -0.39 is 10.1 Å². The van der Waals surface area contributed by atoms with Gasteiger partial charge in [-0.25, -0.2) is 27.7 Å². The van der Waals surface area contributed by atoms with E-state index in [2.05, 4.69) is 25.7 Å². The average molecular weight is 396 g/mol. The van der Waals surface area contributed by atoms with Crippen LogP contribution in [-0.2, 0) is 16.6 Å². The first-order valence-electron chi connectivity index (χ1n) is 8.32. The molecule has 0 bridgehead atoms. The van der Waals surface area contributed by atoms with Crippen molar-refractivity contribution in [2.75, 3.05) is 32.0 Å². The molecule has 1 atom stereocenters. The van der Waals surface area contributed by atoms with Crippen LogP contribution in [0.1, 0.15) is 12.8 Å². The largest absolute Gasteiger partial charge is 0.384 e. The molecule has 3 rings (SSSR count). The standard InChI is InChI=1S/C16H22ClN7OS/c1-3-8-24-16-14(15(17)22-24)13(4-7-20-16)21-11-12-5-9-23(10-6-12)26(18,25)19-2/h1,4,7,12H,5-6,8-11H2,2H3,(H,20,21)(H2,18,19,25). The Balaban J connectivity index is 1.68. The van der Waals surface area contributed by atoms with E-state index in [4.69, 9.17) is 23.2 Å². The molecule has 2 aromatic heterocycles. The van der Waals surface area contributed by atoms with Gasteiger partial charge in [0.2, 0.25) is 0 Å². The summed E-state index contributed by atoms with van der Waals surface area (Å²) in [5.41, 5.74) is 1.55. The smallest absolute Gasteiger partial charge is 0.172 e. The van der Waals surface area contributed by atoms with E-state index in [0.29, 0.717) is 36.4 Å². The Morgan fingerprint density at radius 2 is 2.27 bits per heavy atom. The van der Waals surface area contributed by atoms with Crippen molar-refractivity contribution < 1.29 is 4.21 Å². The Bertz CT molecular complexity index is 949. The number of terminal acetylenes is 1. The Morgan fingerprint density at radius 3 is 2.92 bits per heavy atom. The lowest BCUT2D eigenvalue weighted by atomic mass is 9.98. The minimum atomic E-state index is -2.71. The third kappa shape index (κ3) is 3.78. The third-order valence-electron chi connectivity index (χ3n) is 4.62. The van der Waals surface area contributed by atoms with Gasteiger partial charge in [0, 0.05) is 38.6 Å². The summed E-state index contributed by atoms with van der Waals surface area (Å²) in [5.74, 6) is 2.99. The summed E-state index contributed by atoms with van der Waals surface area (Å²) in [6.45, 7) is 2.44. The SMILES string of the molecule is C#CCn1nc(Cl)c2c(NCC3CCN(S(N)(=O)=NC)CC3)ccnc21. The van der Waals surface area contributed by atoms with Crippen LogP contribution in [0.5, 0.6) is 0 Å². The first-order chi connectivity index (χ1) is 12.5. The number of fused-ring (bicyclic) bond motifs is 1. The summed E-state index contributed by atoms with van der Waals surface area (Å²) in [7, 11) is -1.22. The molecule has 0 saturated carbocycles. The van der Waals surface area contributed by atoms with Crippen LogP contribution in [0, 0.1) is 18.3 Å². The lowest BCUT2D eigenvalue weighted by Gasteiger charge is -2.31. The van der Waals surface area contributed by atoms with E-state index in [1.165, 1.54) is 7.05 Å². The fraction of sp³-hybridized carbons (Fsp3) is 0.500. The summed E-state index contributed by atoms with van der Waals surface area (Å²) in [5, 5.41) is 14.6. The van der Waals surface area contributed by atoms with E-state index in [9.17, 15) is 4.21 Å². The topological polar surface area (TPSA) is 101 Å². The molecule has 140 valence electrons. The van der Waals surface area contributed by atoms with Gasteiger partial charge in [-0.1, -0.05) is 17.5 Å². The normalized spacial score (nSPS) is 18.4. The second kappa shape index (κ2) is 7.80. The maximum absolute atomic E-state index is 12.1. The van der Waals surface area contributed by atoms with E-state index in [-0.39, 0.29) is 0 Å². The molecule has 10 heteroatoms. The van der Waals surface area contributed by atoms with Gasteiger partial charge in [-0.3, -0.25) is 0 Å². The van der Waals surface area contributed by atoms with E-state index in [1.54, 1.807) is 15.2 Å². The fourth-order valence-electron chi connectivity index (χ4n) is 3.14. The number of hydrogen-bond donors (Lipinski definition) is 2. The molecular formula is C16H22ClN7OS. The molecule has 0 spiro atoms. The minimum absolute atomic E-state index is 0.318. The number of nitrogens with one attached hydrogen (secondary N) is 1. The Labute approximate surface area is 158 Å². The average Bonchev–Trinajstić information content (AvgIpc) is 2.97. The van der Waals surface area contributed by atoms with Crippen LogP contribution in [0.4, 0.5) is 5.69 Å². The number of nitrogens with two attached hydrogens (primary N) is 1. The molecule has 26 heavy (non-hydrogen) atoms. The van der Waals surface area contributed by atoms with Crippen molar-refractivity contribution in [1.82, 2.24) is 19.1 Å². The van der Waals surface area contributed by atoms with Crippen molar-refractivity contribution in [3.05, 3.63) is 17.4 Å². The number of pyridine rings is 1. The van der Waals surface area contributed by atoms with Crippen LogP contribution in [-0.4, -0.2) is 50.0 Å². The van der Waals surface area contributed by atoms with Crippen molar-refractivity contribution >= 4 is 38.4 Å². The maximum Gasteiger partial charge on any atom is 0.172 e. The molecule has 1 unspecified atom stereocenters. The van der Waals surface area contributed by atoms with Gasteiger partial charge in [0.1, 0.15) is 6.54 Å². The molecule has 0 radical (unpaired) electrons. The molecule has 1 aliphatic heterocycles. The van der Waals surface area contributed by atoms with Crippen LogP contribution in [0.15, 0.2) is 16.6 Å². The highest BCUT2D eigenvalue weighted by Crippen LogP contribution is 2.29. The van der Waals surface area contributed by atoms with Gasteiger partial charge >= 0.3 is 0 Å². The Kier molecular flexibility index (Phi) is 5.67. The zero-order valence-corrected chi connectivity index (χ0v) is 16.1. The minimum Gasteiger partial charge on any atom is -0.384 e. The van der Waals surface area contributed by atoms with Gasteiger partial charge in [0.05, 0.1) is 5.39 Å². The Morgan fingerprint density at radius 1 is 1.54 bits per heavy atom. The molecule has 3 heterocycles. The lowest BCUT2D eigenvalue weighted by molar-refractivity contribution is 0.290. The van der Waals surface area contributed by atoms with Crippen molar-refractivity contribution in [2.24, 2.45) is 15.4 Å². The molecular weight excluding hydrogens is 374 g/mol. The summed E-state index contributed by atoms with van der Waals surface area (Å²) in [6.07, 6.45) is 8.88. The van der Waals surface area contributed by atoms with Gasteiger partial charge in [-0.2, -0.15) is 5.10 Å². The number of aromatic nitrogens is 3. The molecule has 1 fully saturated rings. The van der Waals surface area contributed by atoms with Crippen molar-refractivity contribution in [1.29, 1.82) is 0 Å². The zero-order chi connectivity index (χ0) is 18.7. The molecule has 3 N–H and O–H groups in total. The molecule has 0 aromatic carbocycles. The Hall–Kier alpha value is -1.86. The van der Waals surface area contributed by atoms with Crippen LogP contribution >= 0.6 is 11.6 Å². The first kappa shape index (κ1) is 18.9. The van der Waals surface area contributed by atoms with Crippen LogP contribution in [0.25, 0.3) is 11.0 Å². The predicted molar refractivity (Wildman–Crippen MR) is 105 cm³/mol. The highest BCUT2D eigenvalue weighted by atomic mass is 35.5. The molecule has 8 nitrogen and oxygen atoms in total. The zero-order valence-electron chi connectivity index (χ0n) is 14.6. The molecule has 0 amide bonds. The second-order valence-electron chi connectivity index (χ2n) is 6.18. The highest BCUT2D eigenvalue weighted by Gasteiger charge is 2.24. The molecule has 0 aliphatic carbocycles. The van der Waals surface area contributed by atoms with Gasteiger partial charge in [0.15, 0.2) is 20.9 Å². The van der Waals surface area contributed by atoms with E-state index in [1.807, 2.05) is 6.07 Å². The summed E-state index contributed by atoms with van der Waals surface area (Å²) in [4.78, 5) is 4.34. The first-order valence-corrected chi connectivity index (χ1v) is 10.2. The third-order valence-corrected chi connectivity index (χ3v) is 6.51. The number of rotatable bonds is 5. The molecule has 1 saturated heterocycles. The number of halogens is 1. The second-order valence-corrected chi connectivity index (χ2v) is 8.50. The monoisotopic (exact) mass is 395 g/mol. The fourth-order valence-corrected chi connectivity index (χ4v) is 4.38. The summed E-state index contributed by atoms with van der Waals surface area (Å²) >= 11 is 6.28. The summed E-state index contributed by atoms with van der Waals surface area (Å²) in [6, 6.07) is 1.88. The van der Waals surface area contributed by atoms with Crippen molar-refractivity contribution in [2.45, 2.75) is 19.4 Å². The van der Waals surface area contributed by atoms with Crippen LogP contribution in [0.3, 0.4) is 0 Å². The lowest BCUT2D eigenvalue weighted by Crippen LogP contribution is -2.43. The predicted octanol–water partition coefficient (Wildman–Crippen LogP) is 1.73. The van der Waals surface area contributed by atoms with Crippen LogP contribution in [0.2, 0.25) is 5.15 Å². The van der Waals surface area contributed by atoms with Crippen molar-refractivity contribution in [3.63, 3.8) is 0 Å². The van der Waals surface area contributed by atoms with Crippen LogP contribution < -0.4 is 10.5 Å². The van der Waals surface area contributed by atoms with E-state index in [0.717, 1.165) is 30.5 Å². The number of piperidine rings is 1. The molecule has 1 aliphatic rings. The quantitative estimate of drug-likeness (QED) is 0.752. The molecule has 2 aromatic rings. The van der Waals surface area contributed by atoms with Gasteiger partial charge < -0.3 is 5.32 Å². The van der Waals surface area contributed by atoms with Gasteiger partial charge in [0.25, 0.3) is 0 Å². The number of hydrogen-bond acceptors (Lipinski definition) is 5. The summed E-state index contributed by atoms with van der Waals surface area (Å²) < 4.78 is 19.3. The highest BCUT2D eigenvalue weighted by molar-refractivity contribution is 7.89.